The third-order valence-corrected chi connectivity index (χ3v) is 3.48. The second kappa shape index (κ2) is 5.85. The number of nitrogens with zero attached hydrogens (tertiary/aromatic N) is 1. The fourth-order valence-corrected chi connectivity index (χ4v) is 2.35. The highest BCUT2D eigenvalue weighted by atomic mass is 127. The third kappa shape index (κ3) is 3.09. The number of aliphatic carboxylic acids is 1. The van der Waals surface area contributed by atoms with Gasteiger partial charge in [-0.3, -0.25) is 4.79 Å². The van der Waals surface area contributed by atoms with Crippen LogP contribution in [0.1, 0.15) is 23.1 Å². The first kappa shape index (κ1) is 13.8. The maximum atomic E-state index is 12.9. The summed E-state index contributed by atoms with van der Waals surface area (Å²) >= 11 is 4.84. The zero-order chi connectivity index (χ0) is 12.3. The van der Waals surface area contributed by atoms with Gasteiger partial charge in [-0.05, 0) is 28.2 Å². The smallest absolute Gasteiger partial charge is 0.307 e. The van der Waals surface area contributed by atoms with Gasteiger partial charge in [0.15, 0.2) is 0 Å². The second-order valence-electron chi connectivity index (χ2n) is 2.97. The van der Waals surface area contributed by atoms with E-state index in [0.29, 0.717) is 9.26 Å². The van der Waals surface area contributed by atoms with Gasteiger partial charge in [0.1, 0.15) is 3.70 Å². The lowest BCUT2D eigenvalue weighted by Gasteiger charge is -2.12. The van der Waals surface area contributed by atoms with Crippen LogP contribution >= 0.6 is 38.5 Å². The summed E-state index contributed by atoms with van der Waals surface area (Å²) < 4.78 is 26.0. The van der Waals surface area contributed by atoms with Crippen molar-refractivity contribution < 1.29 is 18.7 Å². The molecule has 1 heterocycles. The van der Waals surface area contributed by atoms with Gasteiger partial charge in [-0.1, -0.05) is 15.9 Å². The van der Waals surface area contributed by atoms with Crippen molar-refractivity contribution >= 4 is 44.5 Å². The van der Waals surface area contributed by atoms with Crippen LogP contribution in [-0.2, 0) is 16.5 Å². The van der Waals surface area contributed by atoms with Crippen LogP contribution in [0.25, 0.3) is 0 Å². The highest BCUT2D eigenvalue weighted by molar-refractivity contribution is 14.1. The monoisotopic (exact) mass is 405 g/mol. The normalized spacial score (nSPS) is 10.8. The summed E-state index contributed by atoms with van der Waals surface area (Å²) in [6, 6.07) is 0. The van der Waals surface area contributed by atoms with Crippen LogP contribution in [0.3, 0.4) is 0 Å². The summed E-state index contributed by atoms with van der Waals surface area (Å²) in [6.45, 7) is 0. The molecule has 0 radical (unpaired) electrons. The Morgan fingerprint density at radius 2 is 2.25 bits per heavy atom. The predicted molar refractivity (Wildman–Crippen MR) is 65.9 cm³/mol. The topological polar surface area (TPSA) is 50.2 Å². The minimum atomic E-state index is -2.70. The maximum absolute atomic E-state index is 12.9. The Morgan fingerprint density at radius 3 is 2.69 bits per heavy atom. The lowest BCUT2D eigenvalue weighted by Crippen LogP contribution is -2.10. The molecular formula is C9H7BrF2INO2. The summed E-state index contributed by atoms with van der Waals surface area (Å²) in [5.41, 5.74) is 0.199. The van der Waals surface area contributed by atoms with Gasteiger partial charge in [-0.15, -0.1) is 0 Å². The molecule has 0 aliphatic rings. The number of rotatable bonds is 4. The van der Waals surface area contributed by atoms with Gasteiger partial charge in [0.2, 0.25) is 0 Å². The van der Waals surface area contributed by atoms with Crippen LogP contribution in [0.4, 0.5) is 8.78 Å². The second-order valence-corrected chi connectivity index (χ2v) is 4.55. The summed E-state index contributed by atoms with van der Waals surface area (Å²) in [6.07, 6.45) is -1.80. The van der Waals surface area contributed by atoms with Crippen molar-refractivity contribution in [1.29, 1.82) is 0 Å². The highest BCUT2D eigenvalue weighted by Gasteiger charge is 2.22. The maximum Gasteiger partial charge on any atom is 0.307 e. The first-order chi connectivity index (χ1) is 7.47. The molecule has 3 nitrogen and oxygen atoms in total. The van der Waals surface area contributed by atoms with E-state index in [1.807, 2.05) is 0 Å². The quantitative estimate of drug-likeness (QED) is 0.475. The van der Waals surface area contributed by atoms with Crippen molar-refractivity contribution in [1.82, 2.24) is 4.98 Å². The number of carbonyl (C=O) groups is 1. The standard InChI is InChI=1S/C9H7BrF2INO2/c10-2-4-3-14-9(13)5(1-6(15)16)7(4)8(11)12/h3,8H,1-2H2,(H,15,16). The van der Waals surface area contributed by atoms with Crippen LogP contribution < -0.4 is 0 Å². The van der Waals surface area contributed by atoms with Crippen molar-refractivity contribution in [2.75, 3.05) is 0 Å². The van der Waals surface area contributed by atoms with Crippen molar-refractivity contribution in [2.24, 2.45) is 0 Å². The van der Waals surface area contributed by atoms with E-state index in [1.54, 1.807) is 22.6 Å². The van der Waals surface area contributed by atoms with E-state index >= 15 is 0 Å². The molecule has 0 fully saturated rings. The number of aromatic nitrogens is 1. The van der Waals surface area contributed by atoms with Crippen LogP contribution in [0.15, 0.2) is 6.20 Å². The van der Waals surface area contributed by atoms with E-state index in [0.717, 1.165) is 0 Å². The molecule has 0 saturated carbocycles. The fourth-order valence-electron chi connectivity index (χ4n) is 1.28. The Kier molecular flexibility index (Phi) is 5.03. The van der Waals surface area contributed by atoms with Crippen molar-refractivity contribution in [3.63, 3.8) is 0 Å². The van der Waals surface area contributed by atoms with Crippen LogP contribution in [0.5, 0.6) is 0 Å². The number of carboxylic acid groups (broad SMARTS) is 1. The molecule has 0 amide bonds. The van der Waals surface area contributed by atoms with Crippen molar-refractivity contribution in [3.05, 3.63) is 26.6 Å². The number of pyridine rings is 1. The molecule has 16 heavy (non-hydrogen) atoms. The van der Waals surface area contributed by atoms with Gasteiger partial charge in [-0.25, -0.2) is 13.8 Å². The molecule has 0 spiro atoms. The van der Waals surface area contributed by atoms with Gasteiger partial charge in [-0.2, -0.15) is 0 Å². The van der Waals surface area contributed by atoms with E-state index in [2.05, 4.69) is 20.9 Å². The van der Waals surface area contributed by atoms with E-state index in [4.69, 9.17) is 5.11 Å². The average molecular weight is 406 g/mol. The first-order valence-electron chi connectivity index (χ1n) is 4.19. The van der Waals surface area contributed by atoms with Gasteiger partial charge in [0, 0.05) is 22.7 Å². The molecule has 88 valence electrons. The summed E-state index contributed by atoms with van der Waals surface area (Å²) in [7, 11) is 0. The number of hydrogen-bond acceptors (Lipinski definition) is 2. The minimum Gasteiger partial charge on any atom is -0.481 e. The van der Waals surface area contributed by atoms with Gasteiger partial charge in [0.25, 0.3) is 6.43 Å². The molecule has 1 N–H and O–H groups in total. The van der Waals surface area contributed by atoms with E-state index < -0.39 is 18.8 Å². The van der Waals surface area contributed by atoms with Crippen molar-refractivity contribution in [2.45, 2.75) is 18.2 Å². The predicted octanol–water partition coefficient (Wildman–Crippen LogP) is 3.15. The zero-order valence-corrected chi connectivity index (χ0v) is 11.6. The molecule has 0 unspecified atom stereocenters. The Labute approximate surface area is 113 Å². The molecule has 7 heteroatoms. The SMILES string of the molecule is O=C(O)Cc1c(I)ncc(CBr)c1C(F)F. The molecule has 0 aliphatic carbocycles. The lowest BCUT2D eigenvalue weighted by molar-refractivity contribution is -0.136. The number of alkyl halides is 3. The van der Waals surface area contributed by atoms with E-state index in [9.17, 15) is 13.6 Å². The molecule has 1 aromatic rings. The molecule has 0 aromatic carbocycles. The largest absolute Gasteiger partial charge is 0.481 e. The summed E-state index contributed by atoms with van der Waals surface area (Å²) in [4.78, 5) is 14.5. The van der Waals surface area contributed by atoms with Gasteiger partial charge in [0.05, 0.1) is 6.42 Å². The molecule has 0 bridgehead atoms. The van der Waals surface area contributed by atoms with E-state index in [-0.39, 0.29) is 16.5 Å². The molecule has 1 aromatic heterocycles. The average Bonchev–Trinajstić information content (AvgIpc) is 2.19. The Morgan fingerprint density at radius 1 is 1.62 bits per heavy atom. The first-order valence-corrected chi connectivity index (χ1v) is 6.39. The zero-order valence-electron chi connectivity index (χ0n) is 7.88. The summed E-state index contributed by atoms with van der Waals surface area (Å²) in [5.74, 6) is -1.15. The lowest BCUT2D eigenvalue weighted by atomic mass is 10.0. The number of hydrogen-bond donors (Lipinski definition) is 1. The number of halogens is 4. The van der Waals surface area contributed by atoms with Crippen LogP contribution in [0, 0.1) is 3.70 Å². The highest BCUT2D eigenvalue weighted by Crippen LogP contribution is 2.30. The summed E-state index contributed by atoms with van der Waals surface area (Å²) in [5, 5.41) is 8.90. The Bertz CT molecular complexity index is 415. The van der Waals surface area contributed by atoms with Crippen molar-refractivity contribution in [3.8, 4) is 0 Å². The molecule has 0 saturated heterocycles. The molecular weight excluding hydrogens is 399 g/mol. The number of carboxylic acids is 1. The van der Waals surface area contributed by atoms with E-state index in [1.165, 1.54) is 6.20 Å². The minimum absolute atomic E-state index is 0.0973. The van der Waals surface area contributed by atoms with Gasteiger partial charge < -0.3 is 5.11 Å². The van der Waals surface area contributed by atoms with Crippen LogP contribution in [-0.4, -0.2) is 16.1 Å². The Balaban J connectivity index is 3.35. The Hall–Kier alpha value is -0.310. The molecule has 1 rings (SSSR count). The fraction of sp³-hybridized carbons (Fsp3) is 0.333. The molecule has 0 aliphatic heterocycles. The third-order valence-electron chi connectivity index (χ3n) is 1.94. The van der Waals surface area contributed by atoms with Gasteiger partial charge >= 0.3 is 5.97 Å². The van der Waals surface area contributed by atoms with Crippen LogP contribution in [0.2, 0.25) is 0 Å². The molecule has 0 atom stereocenters.